The summed E-state index contributed by atoms with van der Waals surface area (Å²) in [6, 6.07) is 11.1. The predicted molar refractivity (Wildman–Crippen MR) is 90.8 cm³/mol. The van der Waals surface area contributed by atoms with Gasteiger partial charge in [0.15, 0.2) is 0 Å². The van der Waals surface area contributed by atoms with Crippen LogP contribution in [0.15, 0.2) is 36.4 Å². The fourth-order valence-corrected chi connectivity index (χ4v) is 2.74. The van der Waals surface area contributed by atoms with Crippen LogP contribution in [0.1, 0.15) is 22.3 Å². The second-order valence-electron chi connectivity index (χ2n) is 5.42. The number of nitrogens with one attached hydrogen (secondary N) is 2. The van der Waals surface area contributed by atoms with Gasteiger partial charge in [-0.2, -0.15) is 0 Å². The third kappa shape index (κ3) is 3.23. The maximum Gasteiger partial charge on any atom is 0.259 e. The van der Waals surface area contributed by atoms with Crippen molar-refractivity contribution in [2.45, 2.75) is 12.8 Å². The van der Waals surface area contributed by atoms with Gasteiger partial charge in [-0.15, -0.1) is 0 Å². The molecule has 0 saturated heterocycles. The number of benzene rings is 2. The molecule has 5 nitrogen and oxygen atoms in total. The molecular formula is C18H20N2O3. The normalized spacial score (nSPS) is 12.8. The molecule has 23 heavy (non-hydrogen) atoms. The Balaban J connectivity index is 1.84. The molecule has 0 aromatic heterocycles. The highest BCUT2D eigenvalue weighted by Gasteiger charge is 2.15. The number of hydrogen-bond donors (Lipinski definition) is 2. The van der Waals surface area contributed by atoms with Gasteiger partial charge in [-0.3, -0.25) is 4.79 Å². The van der Waals surface area contributed by atoms with Crippen molar-refractivity contribution in [1.82, 2.24) is 0 Å². The molecule has 2 aromatic rings. The Morgan fingerprint density at radius 1 is 1.13 bits per heavy atom. The lowest BCUT2D eigenvalue weighted by Crippen LogP contribution is -2.15. The summed E-state index contributed by atoms with van der Waals surface area (Å²) >= 11 is 0. The lowest BCUT2D eigenvalue weighted by atomic mass is 10.0. The molecule has 2 aromatic carbocycles. The topological polar surface area (TPSA) is 59.6 Å². The minimum absolute atomic E-state index is 0.218. The van der Waals surface area contributed by atoms with E-state index in [9.17, 15) is 4.79 Å². The van der Waals surface area contributed by atoms with Crippen molar-refractivity contribution in [2.75, 3.05) is 31.4 Å². The Bertz CT molecular complexity index is 728. The van der Waals surface area contributed by atoms with Crippen LogP contribution in [0.25, 0.3) is 0 Å². The average Bonchev–Trinajstić information content (AvgIpc) is 2.61. The van der Waals surface area contributed by atoms with Gasteiger partial charge >= 0.3 is 0 Å². The lowest BCUT2D eigenvalue weighted by molar-refractivity contribution is 0.102. The van der Waals surface area contributed by atoms with Crippen LogP contribution in [-0.2, 0) is 6.42 Å². The number of carbonyl (C=O) groups is 1. The van der Waals surface area contributed by atoms with Crippen molar-refractivity contribution in [3.63, 3.8) is 0 Å². The zero-order valence-corrected chi connectivity index (χ0v) is 13.3. The molecule has 5 heteroatoms. The molecule has 0 spiro atoms. The van der Waals surface area contributed by atoms with Crippen LogP contribution in [-0.4, -0.2) is 26.7 Å². The number of carbonyl (C=O) groups excluding carboxylic acids is 1. The highest BCUT2D eigenvalue weighted by molar-refractivity contribution is 6.06. The second kappa shape index (κ2) is 6.60. The number of anilines is 2. The standard InChI is InChI=1S/C18H20N2O3/c1-22-14-6-8-17(23-2)15(11-14)18(21)20-13-5-7-16-12(10-13)4-3-9-19-16/h5-8,10-11,19H,3-4,9H2,1-2H3,(H,20,21). The minimum atomic E-state index is -0.218. The first-order valence-electron chi connectivity index (χ1n) is 7.61. The van der Waals surface area contributed by atoms with Crippen molar-refractivity contribution in [2.24, 2.45) is 0 Å². The summed E-state index contributed by atoms with van der Waals surface area (Å²) in [5.74, 6) is 0.915. The maximum absolute atomic E-state index is 12.6. The van der Waals surface area contributed by atoms with E-state index in [2.05, 4.69) is 10.6 Å². The van der Waals surface area contributed by atoms with Crippen molar-refractivity contribution < 1.29 is 14.3 Å². The quantitative estimate of drug-likeness (QED) is 0.909. The number of hydrogen-bond acceptors (Lipinski definition) is 4. The Hall–Kier alpha value is -2.69. The summed E-state index contributed by atoms with van der Waals surface area (Å²) in [5, 5.41) is 6.29. The van der Waals surface area contributed by atoms with Gasteiger partial charge in [0, 0.05) is 17.9 Å². The summed E-state index contributed by atoms with van der Waals surface area (Å²) in [7, 11) is 3.11. The molecular weight excluding hydrogens is 292 g/mol. The summed E-state index contributed by atoms with van der Waals surface area (Å²) < 4.78 is 10.5. The van der Waals surface area contributed by atoms with E-state index in [0.29, 0.717) is 17.1 Å². The molecule has 0 atom stereocenters. The predicted octanol–water partition coefficient (Wildman–Crippen LogP) is 3.31. The molecule has 0 saturated carbocycles. The van der Waals surface area contributed by atoms with Crippen LogP contribution >= 0.6 is 0 Å². The first kappa shape index (κ1) is 15.2. The fraction of sp³-hybridized carbons (Fsp3) is 0.278. The molecule has 1 aliphatic rings. The van der Waals surface area contributed by atoms with Crippen molar-refractivity contribution in [3.05, 3.63) is 47.5 Å². The van der Waals surface area contributed by atoms with Crippen LogP contribution in [0.2, 0.25) is 0 Å². The van der Waals surface area contributed by atoms with Gasteiger partial charge in [-0.25, -0.2) is 0 Å². The molecule has 1 heterocycles. The van der Waals surface area contributed by atoms with E-state index in [0.717, 1.165) is 30.8 Å². The third-order valence-electron chi connectivity index (χ3n) is 3.95. The van der Waals surface area contributed by atoms with Gasteiger partial charge in [-0.1, -0.05) is 0 Å². The fourth-order valence-electron chi connectivity index (χ4n) is 2.74. The molecule has 3 rings (SSSR count). The van der Waals surface area contributed by atoms with E-state index in [1.165, 1.54) is 5.56 Å². The van der Waals surface area contributed by atoms with Crippen molar-refractivity contribution >= 4 is 17.3 Å². The zero-order chi connectivity index (χ0) is 16.2. The molecule has 0 radical (unpaired) electrons. The van der Waals surface area contributed by atoms with Crippen molar-refractivity contribution in [3.8, 4) is 11.5 Å². The SMILES string of the molecule is COc1ccc(OC)c(C(=O)Nc2ccc3c(c2)CCCN3)c1. The largest absolute Gasteiger partial charge is 0.497 e. The maximum atomic E-state index is 12.6. The molecule has 1 aliphatic heterocycles. The highest BCUT2D eigenvalue weighted by Crippen LogP contribution is 2.27. The van der Waals surface area contributed by atoms with E-state index in [1.807, 2.05) is 18.2 Å². The van der Waals surface area contributed by atoms with E-state index < -0.39 is 0 Å². The Morgan fingerprint density at radius 2 is 2.00 bits per heavy atom. The average molecular weight is 312 g/mol. The summed E-state index contributed by atoms with van der Waals surface area (Å²) in [4.78, 5) is 12.6. The van der Waals surface area contributed by atoms with Gasteiger partial charge in [-0.05, 0) is 54.8 Å². The third-order valence-corrected chi connectivity index (χ3v) is 3.95. The molecule has 0 unspecified atom stereocenters. The monoisotopic (exact) mass is 312 g/mol. The number of amides is 1. The molecule has 2 N–H and O–H groups in total. The van der Waals surface area contributed by atoms with E-state index >= 15 is 0 Å². The van der Waals surface area contributed by atoms with E-state index in [4.69, 9.17) is 9.47 Å². The van der Waals surface area contributed by atoms with E-state index in [-0.39, 0.29) is 5.91 Å². The van der Waals surface area contributed by atoms with Gasteiger partial charge in [0.2, 0.25) is 0 Å². The number of methoxy groups -OCH3 is 2. The molecule has 0 aliphatic carbocycles. The molecule has 120 valence electrons. The number of rotatable bonds is 4. The van der Waals surface area contributed by atoms with Crippen LogP contribution in [0.3, 0.4) is 0 Å². The number of aryl methyl sites for hydroxylation is 1. The summed E-state index contributed by atoms with van der Waals surface area (Å²) in [6.45, 7) is 1.000. The smallest absolute Gasteiger partial charge is 0.259 e. The van der Waals surface area contributed by atoms with Gasteiger partial charge in [0.25, 0.3) is 5.91 Å². The van der Waals surface area contributed by atoms with Crippen LogP contribution < -0.4 is 20.1 Å². The molecule has 0 bridgehead atoms. The van der Waals surface area contributed by atoms with Crippen molar-refractivity contribution in [1.29, 1.82) is 0 Å². The van der Waals surface area contributed by atoms with Crippen LogP contribution in [0, 0.1) is 0 Å². The Kier molecular flexibility index (Phi) is 4.37. The highest BCUT2D eigenvalue weighted by atomic mass is 16.5. The van der Waals surface area contributed by atoms with Gasteiger partial charge in [0.1, 0.15) is 11.5 Å². The number of ether oxygens (including phenoxy) is 2. The summed E-state index contributed by atoms with van der Waals surface area (Å²) in [6.07, 6.45) is 2.13. The second-order valence-corrected chi connectivity index (χ2v) is 5.42. The van der Waals surface area contributed by atoms with Gasteiger partial charge in [0.05, 0.1) is 19.8 Å². The van der Waals surface area contributed by atoms with Crippen LogP contribution in [0.4, 0.5) is 11.4 Å². The first-order valence-corrected chi connectivity index (χ1v) is 7.61. The van der Waals surface area contributed by atoms with Crippen LogP contribution in [0.5, 0.6) is 11.5 Å². The summed E-state index contributed by atoms with van der Waals surface area (Å²) in [5.41, 5.74) is 3.60. The van der Waals surface area contributed by atoms with Gasteiger partial charge < -0.3 is 20.1 Å². The minimum Gasteiger partial charge on any atom is -0.497 e. The first-order chi connectivity index (χ1) is 11.2. The van der Waals surface area contributed by atoms with E-state index in [1.54, 1.807) is 32.4 Å². The Labute approximate surface area is 135 Å². The molecule has 0 fully saturated rings. The number of fused-ring (bicyclic) bond motifs is 1. The Morgan fingerprint density at radius 3 is 2.78 bits per heavy atom. The lowest BCUT2D eigenvalue weighted by Gasteiger charge is -2.19. The zero-order valence-electron chi connectivity index (χ0n) is 13.3. The molecule has 1 amide bonds.